The van der Waals surface area contributed by atoms with Crippen molar-refractivity contribution in [3.8, 4) is 0 Å². The van der Waals surface area contributed by atoms with Crippen LogP contribution in [0, 0.1) is 11.8 Å². The Morgan fingerprint density at radius 2 is 2.17 bits per heavy atom. The molecule has 0 bridgehead atoms. The van der Waals surface area contributed by atoms with Crippen molar-refractivity contribution in [2.45, 2.75) is 13.8 Å². The van der Waals surface area contributed by atoms with E-state index in [-0.39, 0.29) is 5.92 Å². The molecule has 2 aromatic rings. The highest BCUT2D eigenvalue weighted by Gasteiger charge is 2.21. The van der Waals surface area contributed by atoms with Crippen LogP contribution in [0.2, 0.25) is 0 Å². The van der Waals surface area contributed by atoms with Crippen LogP contribution < -0.4 is 5.32 Å². The van der Waals surface area contributed by atoms with Gasteiger partial charge in [0.15, 0.2) is 5.13 Å². The Morgan fingerprint density at radius 1 is 1.44 bits per heavy atom. The summed E-state index contributed by atoms with van der Waals surface area (Å²) >= 11 is 1.55. The maximum Gasteiger partial charge on any atom is 0.308 e. The lowest BCUT2D eigenvalue weighted by atomic mass is 9.96. The molecule has 0 saturated heterocycles. The SMILES string of the molecule is CC(C)C(CNc1nc2ccccc2s1)C(=O)O. The van der Waals surface area contributed by atoms with Crippen LogP contribution in [0.4, 0.5) is 5.13 Å². The van der Waals surface area contributed by atoms with Crippen LogP contribution >= 0.6 is 11.3 Å². The Bertz CT molecular complexity index is 518. The van der Waals surface area contributed by atoms with Crippen molar-refractivity contribution in [1.29, 1.82) is 0 Å². The van der Waals surface area contributed by atoms with Gasteiger partial charge in [0.25, 0.3) is 0 Å². The van der Waals surface area contributed by atoms with Gasteiger partial charge in [0, 0.05) is 6.54 Å². The molecule has 2 N–H and O–H groups in total. The molecule has 4 nitrogen and oxygen atoms in total. The van der Waals surface area contributed by atoms with Gasteiger partial charge in [0.2, 0.25) is 0 Å². The first-order chi connectivity index (χ1) is 8.58. The van der Waals surface area contributed by atoms with Gasteiger partial charge in [-0.1, -0.05) is 37.3 Å². The number of nitrogens with zero attached hydrogens (tertiary/aromatic N) is 1. The summed E-state index contributed by atoms with van der Waals surface area (Å²) in [4.78, 5) is 15.5. The summed E-state index contributed by atoms with van der Waals surface area (Å²) in [5.41, 5.74) is 0.946. The summed E-state index contributed by atoms with van der Waals surface area (Å²) in [6.07, 6.45) is 0. The molecular formula is C13H16N2O2S. The lowest BCUT2D eigenvalue weighted by Gasteiger charge is -2.15. The normalized spacial score (nSPS) is 12.8. The number of nitrogens with one attached hydrogen (secondary N) is 1. The predicted molar refractivity (Wildman–Crippen MR) is 74.1 cm³/mol. The topological polar surface area (TPSA) is 62.2 Å². The number of benzene rings is 1. The summed E-state index contributed by atoms with van der Waals surface area (Å²) in [5, 5.41) is 13.0. The first-order valence-electron chi connectivity index (χ1n) is 5.90. The molecule has 1 heterocycles. The van der Waals surface area contributed by atoms with Gasteiger partial charge in [-0.25, -0.2) is 4.98 Å². The molecular weight excluding hydrogens is 248 g/mol. The lowest BCUT2D eigenvalue weighted by molar-refractivity contribution is -0.142. The predicted octanol–water partition coefficient (Wildman–Crippen LogP) is 3.07. The third kappa shape index (κ3) is 2.79. The highest BCUT2D eigenvalue weighted by molar-refractivity contribution is 7.22. The molecule has 0 spiro atoms. The van der Waals surface area contributed by atoms with Crippen LogP contribution in [-0.2, 0) is 4.79 Å². The van der Waals surface area contributed by atoms with Gasteiger partial charge in [-0.15, -0.1) is 0 Å². The maximum atomic E-state index is 11.1. The second kappa shape index (κ2) is 5.35. The Morgan fingerprint density at radius 3 is 2.78 bits per heavy atom. The number of aliphatic carboxylic acids is 1. The number of carboxylic acid groups (broad SMARTS) is 1. The fourth-order valence-electron chi connectivity index (χ4n) is 1.75. The molecule has 0 aliphatic heterocycles. The van der Waals surface area contributed by atoms with E-state index in [0.29, 0.717) is 6.54 Å². The second-order valence-electron chi connectivity index (χ2n) is 4.56. The maximum absolute atomic E-state index is 11.1. The van der Waals surface area contributed by atoms with E-state index >= 15 is 0 Å². The number of fused-ring (bicyclic) bond motifs is 1. The third-order valence-electron chi connectivity index (χ3n) is 2.89. The van der Waals surface area contributed by atoms with Gasteiger partial charge in [-0.3, -0.25) is 4.79 Å². The molecule has 5 heteroatoms. The Hall–Kier alpha value is -1.62. The second-order valence-corrected chi connectivity index (χ2v) is 5.59. The minimum Gasteiger partial charge on any atom is -0.481 e. The number of thiazole rings is 1. The Balaban J connectivity index is 2.07. The van der Waals surface area contributed by atoms with Gasteiger partial charge in [-0.2, -0.15) is 0 Å². The van der Waals surface area contributed by atoms with E-state index < -0.39 is 11.9 Å². The van der Waals surface area contributed by atoms with E-state index in [1.165, 1.54) is 0 Å². The summed E-state index contributed by atoms with van der Waals surface area (Å²) < 4.78 is 1.11. The number of anilines is 1. The van der Waals surface area contributed by atoms with Crippen molar-refractivity contribution in [3.63, 3.8) is 0 Å². The fraction of sp³-hybridized carbons (Fsp3) is 0.385. The summed E-state index contributed by atoms with van der Waals surface area (Å²) in [5.74, 6) is -1.06. The van der Waals surface area contributed by atoms with Crippen molar-refractivity contribution in [1.82, 2.24) is 4.98 Å². The first-order valence-corrected chi connectivity index (χ1v) is 6.72. The summed E-state index contributed by atoms with van der Waals surface area (Å²) in [7, 11) is 0. The molecule has 0 aliphatic carbocycles. The number of aromatic nitrogens is 1. The van der Waals surface area contributed by atoms with Crippen LogP contribution in [0.25, 0.3) is 10.2 Å². The van der Waals surface area contributed by atoms with E-state index in [4.69, 9.17) is 5.11 Å². The van der Waals surface area contributed by atoms with Crippen molar-refractivity contribution in [2.24, 2.45) is 11.8 Å². The first kappa shape index (κ1) is 12.8. The fourth-order valence-corrected chi connectivity index (χ4v) is 2.63. The molecule has 96 valence electrons. The lowest BCUT2D eigenvalue weighted by Crippen LogP contribution is -2.27. The quantitative estimate of drug-likeness (QED) is 0.871. The largest absolute Gasteiger partial charge is 0.481 e. The van der Waals surface area contributed by atoms with Gasteiger partial charge in [0.1, 0.15) is 0 Å². The number of hydrogen-bond donors (Lipinski definition) is 2. The van der Waals surface area contributed by atoms with Crippen molar-refractivity contribution >= 4 is 32.7 Å². The highest BCUT2D eigenvalue weighted by Crippen LogP contribution is 2.25. The number of carbonyl (C=O) groups is 1. The van der Waals surface area contributed by atoms with Crippen LogP contribution in [-0.4, -0.2) is 22.6 Å². The number of rotatable bonds is 5. The third-order valence-corrected chi connectivity index (χ3v) is 3.88. The van der Waals surface area contributed by atoms with Gasteiger partial charge >= 0.3 is 5.97 Å². The van der Waals surface area contributed by atoms with Crippen LogP contribution in [0.1, 0.15) is 13.8 Å². The minimum absolute atomic E-state index is 0.101. The van der Waals surface area contributed by atoms with Gasteiger partial charge in [0.05, 0.1) is 16.1 Å². The average molecular weight is 264 g/mol. The van der Waals surface area contributed by atoms with E-state index in [0.717, 1.165) is 15.3 Å². The van der Waals surface area contributed by atoms with Crippen molar-refractivity contribution in [2.75, 3.05) is 11.9 Å². The molecule has 2 rings (SSSR count). The molecule has 0 aliphatic rings. The number of para-hydroxylation sites is 1. The van der Waals surface area contributed by atoms with E-state index in [2.05, 4.69) is 10.3 Å². The molecule has 0 amide bonds. The standard InChI is InChI=1S/C13H16N2O2S/c1-8(2)9(12(16)17)7-14-13-15-10-5-3-4-6-11(10)18-13/h3-6,8-9H,7H2,1-2H3,(H,14,15)(H,16,17). The van der Waals surface area contributed by atoms with E-state index in [1.807, 2.05) is 38.1 Å². The molecule has 0 radical (unpaired) electrons. The van der Waals surface area contributed by atoms with Crippen LogP contribution in [0.15, 0.2) is 24.3 Å². The van der Waals surface area contributed by atoms with E-state index in [1.54, 1.807) is 11.3 Å². The Labute approximate surface area is 110 Å². The summed E-state index contributed by atoms with van der Waals surface area (Å²) in [6, 6.07) is 7.88. The zero-order valence-corrected chi connectivity index (χ0v) is 11.2. The molecule has 18 heavy (non-hydrogen) atoms. The summed E-state index contributed by atoms with van der Waals surface area (Å²) in [6.45, 7) is 4.24. The number of hydrogen-bond acceptors (Lipinski definition) is 4. The minimum atomic E-state index is -0.765. The van der Waals surface area contributed by atoms with Crippen molar-refractivity contribution < 1.29 is 9.90 Å². The van der Waals surface area contributed by atoms with Gasteiger partial charge < -0.3 is 10.4 Å². The molecule has 1 aromatic heterocycles. The zero-order chi connectivity index (χ0) is 13.1. The zero-order valence-electron chi connectivity index (χ0n) is 10.4. The molecule has 0 fully saturated rings. The van der Waals surface area contributed by atoms with Gasteiger partial charge in [-0.05, 0) is 18.1 Å². The molecule has 1 unspecified atom stereocenters. The average Bonchev–Trinajstić information content (AvgIpc) is 2.70. The van der Waals surface area contributed by atoms with Crippen LogP contribution in [0.5, 0.6) is 0 Å². The van der Waals surface area contributed by atoms with E-state index in [9.17, 15) is 4.79 Å². The Kier molecular flexibility index (Phi) is 3.81. The highest BCUT2D eigenvalue weighted by atomic mass is 32.1. The smallest absolute Gasteiger partial charge is 0.308 e. The molecule has 0 saturated carbocycles. The number of carboxylic acids is 1. The molecule has 1 atom stereocenters. The van der Waals surface area contributed by atoms with Crippen molar-refractivity contribution in [3.05, 3.63) is 24.3 Å². The monoisotopic (exact) mass is 264 g/mol. The molecule has 1 aromatic carbocycles. The van der Waals surface area contributed by atoms with Crippen LogP contribution in [0.3, 0.4) is 0 Å².